The lowest BCUT2D eigenvalue weighted by Gasteiger charge is -2.08. The topological polar surface area (TPSA) is 64.7 Å². The maximum Gasteiger partial charge on any atom is 0.181 e. The van der Waals surface area contributed by atoms with Gasteiger partial charge in [0.05, 0.1) is 0 Å². The minimum atomic E-state index is 0.129. The van der Waals surface area contributed by atoms with Crippen LogP contribution in [0, 0.1) is 0 Å². The Labute approximate surface area is 119 Å². The van der Waals surface area contributed by atoms with Crippen LogP contribution in [0.3, 0.4) is 0 Å². The minimum Gasteiger partial charge on any atom is -0.328 e. The highest BCUT2D eigenvalue weighted by Crippen LogP contribution is 2.33. The van der Waals surface area contributed by atoms with Crippen LogP contribution in [0.15, 0.2) is 32.0 Å². The Hall–Kier alpha value is -0.630. The molecule has 2 N–H and O–H groups in total. The zero-order chi connectivity index (χ0) is 13.0. The highest BCUT2D eigenvalue weighted by molar-refractivity contribution is 8.03. The van der Waals surface area contributed by atoms with Crippen LogP contribution in [0.1, 0.15) is 12.5 Å². The molecule has 96 valence electrons. The second-order valence-corrected chi connectivity index (χ2v) is 7.06. The number of rotatable bonds is 5. The van der Waals surface area contributed by atoms with Gasteiger partial charge in [-0.3, -0.25) is 0 Å². The maximum absolute atomic E-state index is 5.85. The predicted octanol–water partition coefficient (Wildman–Crippen LogP) is 2.70. The molecule has 7 heteroatoms. The number of hydrogen-bond donors (Lipinski definition) is 1. The lowest BCUT2D eigenvalue weighted by atomic mass is 10.1. The molecule has 0 aliphatic carbocycles. The van der Waals surface area contributed by atoms with E-state index in [0.717, 1.165) is 20.1 Å². The number of nitrogens with zero attached hydrogens (tertiary/aromatic N) is 3. The van der Waals surface area contributed by atoms with E-state index < -0.39 is 0 Å². The quantitative estimate of drug-likeness (QED) is 0.856. The van der Waals surface area contributed by atoms with Crippen LogP contribution in [0.5, 0.6) is 0 Å². The van der Waals surface area contributed by atoms with Crippen molar-refractivity contribution in [1.29, 1.82) is 0 Å². The monoisotopic (exact) mass is 298 g/mol. The van der Waals surface area contributed by atoms with Crippen LogP contribution in [-0.4, -0.2) is 27.5 Å². The maximum atomic E-state index is 5.85. The van der Waals surface area contributed by atoms with Crippen LogP contribution >= 0.6 is 34.9 Å². The molecule has 0 aromatic carbocycles. The van der Waals surface area contributed by atoms with Crippen LogP contribution < -0.4 is 5.73 Å². The molecule has 0 aliphatic heterocycles. The van der Waals surface area contributed by atoms with Gasteiger partial charge in [-0.25, -0.2) is 4.98 Å². The summed E-state index contributed by atoms with van der Waals surface area (Å²) in [5.74, 6) is 0. The van der Waals surface area contributed by atoms with Crippen molar-refractivity contribution in [3.05, 3.63) is 23.9 Å². The Bertz CT molecular complexity index is 512. The molecule has 18 heavy (non-hydrogen) atoms. The average Bonchev–Trinajstić information content (AvgIpc) is 2.79. The molecule has 0 amide bonds. The van der Waals surface area contributed by atoms with Gasteiger partial charge in [-0.15, -0.1) is 10.2 Å². The van der Waals surface area contributed by atoms with Gasteiger partial charge >= 0.3 is 0 Å². The van der Waals surface area contributed by atoms with Crippen LogP contribution in [0.4, 0.5) is 0 Å². The molecule has 0 aliphatic rings. The van der Waals surface area contributed by atoms with Gasteiger partial charge in [0.2, 0.25) is 0 Å². The van der Waals surface area contributed by atoms with Crippen LogP contribution in [-0.2, 0) is 6.42 Å². The zero-order valence-electron chi connectivity index (χ0n) is 10.2. The third-order valence-electron chi connectivity index (χ3n) is 2.14. The molecule has 0 fully saturated rings. The van der Waals surface area contributed by atoms with Crippen molar-refractivity contribution in [1.82, 2.24) is 15.2 Å². The summed E-state index contributed by atoms with van der Waals surface area (Å²) in [7, 11) is 0. The first-order chi connectivity index (χ1) is 8.69. The normalized spacial score (nSPS) is 12.6. The van der Waals surface area contributed by atoms with Crippen molar-refractivity contribution in [2.24, 2.45) is 5.73 Å². The van der Waals surface area contributed by atoms with E-state index >= 15 is 0 Å². The lowest BCUT2D eigenvalue weighted by molar-refractivity contribution is 0.722. The Balaban J connectivity index is 2.17. The second-order valence-electron chi connectivity index (χ2n) is 3.79. The Morgan fingerprint density at radius 1 is 1.39 bits per heavy atom. The van der Waals surface area contributed by atoms with Crippen molar-refractivity contribution < 1.29 is 0 Å². The van der Waals surface area contributed by atoms with Gasteiger partial charge in [-0.2, -0.15) is 0 Å². The molecule has 1 atom stereocenters. The predicted molar refractivity (Wildman–Crippen MR) is 77.4 cm³/mol. The van der Waals surface area contributed by atoms with Gasteiger partial charge in [0.25, 0.3) is 0 Å². The summed E-state index contributed by atoms with van der Waals surface area (Å²) in [4.78, 5) is 4.40. The second kappa shape index (κ2) is 6.51. The summed E-state index contributed by atoms with van der Waals surface area (Å²) in [5, 5.41) is 9.19. The molecule has 0 saturated heterocycles. The van der Waals surface area contributed by atoms with Gasteiger partial charge < -0.3 is 5.73 Å². The van der Waals surface area contributed by atoms with Gasteiger partial charge in [0.1, 0.15) is 5.03 Å². The molecule has 1 unspecified atom stereocenters. The van der Waals surface area contributed by atoms with E-state index in [9.17, 15) is 0 Å². The zero-order valence-corrected chi connectivity index (χ0v) is 12.6. The number of thioether (sulfide) groups is 1. The fraction of sp³-hybridized carbons (Fsp3) is 0.364. The van der Waals surface area contributed by atoms with Crippen LogP contribution in [0.2, 0.25) is 0 Å². The number of nitrogens with two attached hydrogens (primary N) is 1. The van der Waals surface area contributed by atoms with Crippen molar-refractivity contribution in [3.8, 4) is 0 Å². The van der Waals surface area contributed by atoms with E-state index in [2.05, 4.69) is 21.2 Å². The van der Waals surface area contributed by atoms with Crippen molar-refractivity contribution in [2.75, 3.05) is 6.26 Å². The molecule has 0 spiro atoms. The van der Waals surface area contributed by atoms with Crippen molar-refractivity contribution in [3.63, 3.8) is 0 Å². The summed E-state index contributed by atoms with van der Waals surface area (Å²) in [6.45, 7) is 2.00. The first-order valence-corrected chi connectivity index (χ1v) is 8.29. The first-order valence-electron chi connectivity index (χ1n) is 5.44. The molecule has 0 radical (unpaired) electrons. The molecular formula is C11H14N4S3. The van der Waals surface area contributed by atoms with E-state index in [1.165, 1.54) is 5.56 Å². The largest absolute Gasteiger partial charge is 0.328 e. The smallest absolute Gasteiger partial charge is 0.181 e. The van der Waals surface area contributed by atoms with Gasteiger partial charge in [0.15, 0.2) is 8.68 Å². The molecule has 0 bridgehead atoms. The fourth-order valence-corrected chi connectivity index (χ4v) is 3.87. The number of aromatic nitrogens is 3. The minimum absolute atomic E-state index is 0.129. The molecule has 4 nitrogen and oxygen atoms in total. The summed E-state index contributed by atoms with van der Waals surface area (Å²) in [6.07, 6.45) is 4.62. The fourth-order valence-electron chi connectivity index (χ4n) is 1.42. The van der Waals surface area contributed by atoms with E-state index in [4.69, 9.17) is 5.73 Å². The summed E-state index contributed by atoms with van der Waals surface area (Å²) in [5.41, 5.74) is 7.01. The van der Waals surface area contributed by atoms with Gasteiger partial charge in [-0.1, -0.05) is 29.2 Å². The molecule has 2 rings (SSSR count). The average molecular weight is 298 g/mol. The van der Waals surface area contributed by atoms with Gasteiger partial charge in [0, 0.05) is 12.2 Å². The molecule has 2 aromatic rings. The summed E-state index contributed by atoms with van der Waals surface area (Å²) < 4.78 is 1.89. The molecular weight excluding hydrogens is 284 g/mol. The highest BCUT2D eigenvalue weighted by Gasteiger charge is 2.11. The van der Waals surface area contributed by atoms with E-state index in [1.54, 1.807) is 41.1 Å². The highest BCUT2D eigenvalue weighted by atomic mass is 32.2. The van der Waals surface area contributed by atoms with E-state index in [0.29, 0.717) is 0 Å². The van der Waals surface area contributed by atoms with Crippen molar-refractivity contribution >= 4 is 34.9 Å². The third-order valence-corrected chi connectivity index (χ3v) is 5.15. The summed E-state index contributed by atoms with van der Waals surface area (Å²) in [6, 6.07) is 4.13. The first kappa shape index (κ1) is 13.8. The Morgan fingerprint density at radius 2 is 2.17 bits per heavy atom. The lowest BCUT2D eigenvalue weighted by Crippen LogP contribution is -2.18. The standard InChI is InChI=1S/C11H14N4S3/c1-7(12)6-8-4-3-5-13-9(8)17-11-15-14-10(16-2)18-11/h3-5,7H,6,12H2,1-2H3. The molecule has 2 heterocycles. The Morgan fingerprint density at radius 3 is 2.83 bits per heavy atom. The SMILES string of the molecule is CSc1nnc(Sc2ncccc2CC(C)N)s1. The third kappa shape index (κ3) is 3.68. The van der Waals surface area contributed by atoms with E-state index in [1.807, 2.05) is 19.2 Å². The van der Waals surface area contributed by atoms with Crippen LogP contribution in [0.25, 0.3) is 0 Å². The van der Waals surface area contributed by atoms with Crippen molar-refractivity contribution in [2.45, 2.75) is 33.1 Å². The summed E-state index contributed by atoms with van der Waals surface area (Å²) >= 11 is 4.75. The Kier molecular flexibility index (Phi) is 4.99. The molecule has 2 aromatic heterocycles. The van der Waals surface area contributed by atoms with Gasteiger partial charge in [-0.05, 0) is 43.0 Å². The van der Waals surface area contributed by atoms with E-state index in [-0.39, 0.29) is 6.04 Å². The number of hydrogen-bond acceptors (Lipinski definition) is 7. The molecule has 0 saturated carbocycles. The number of pyridine rings is 1.